The molecule has 2 rings (SSSR count). The van der Waals surface area contributed by atoms with Crippen molar-refractivity contribution in [2.75, 3.05) is 13.7 Å². The smallest absolute Gasteiger partial charge is 0.374 e. The van der Waals surface area contributed by atoms with Crippen LogP contribution >= 0.6 is 0 Å². The molecule has 2 aromatic rings. The van der Waals surface area contributed by atoms with Crippen LogP contribution in [0.15, 0.2) is 22.6 Å². The number of carbonyl (C=O) groups excluding carboxylic acids is 2. The number of aryl methyl sites for hydroxylation is 1. The summed E-state index contributed by atoms with van der Waals surface area (Å²) in [6.07, 6.45) is 0. The molecule has 1 atom stereocenters. The van der Waals surface area contributed by atoms with E-state index in [2.05, 4.69) is 0 Å². The first-order valence-corrected chi connectivity index (χ1v) is 7.10. The maximum Gasteiger partial charge on any atom is 0.374 e. The van der Waals surface area contributed by atoms with E-state index < -0.39 is 24.3 Å². The van der Waals surface area contributed by atoms with Crippen LogP contribution in [-0.4, -0.2) is 31.2 Å². The standard InChI is InChI=1S/C17H16N2O5/c1-9-12-6-11(22-3)4-5-15(12)24-16(9)17(21)23-8-14(20)13(7-18)10(2)19/h4-6,13,19H,8H2,1-3H3. The summed E-state index contributed by atoms with van der Waals surface area (Å²) in [6, 6.07) is 6.82. The van der Waals surface area contributed by atoms with Crippen LogP contribution in [0.5, 0.6) is 5.75 Å². The first-order chi connectivity index (χ1) is 11.4. The van der Waals surface area contributed by atoms with Gasteiger partial charge in [0.2, 0.25) is 5.76 Å². The molecule has 0 spiro atoms. The van der Waals surface area contributed by atoms with E-state index in [0.717, 1.165) is 0 Å². The quantitative estimate of drug-likeness (QED) is 0.644. The summed E-state index contributed by atoms with van der Waals surface area (Å²) in [7, 11) is 1.54. The number of fused-ring (bicyclic) bond motifs is 1. The van der Waals surface area contributed by atoms with Crippen molar-refractivity contribution in [1.82, 2.24) is 0 Å². The monoisotopic (exact) mass is 328 g/mol. The van der Waals surface area contributed by atoms with Crippen LogP contribution in [0.1, 0.15) is 23.0 Å². The molecule has 7 heteroatoms. The number of nitrogens with one attached hydrogen (secondary N) is 1. The number of ether oxygens (including phenoxy) is 2. The van der Waals surface area contributed by atoms with Gasteiger partial charge in [0.25, 0.3) is 0 Å². The van der Waals surface area contributed by atoms with Crippen LogP contribution in [0, 0.1) is 29.6 Å². The summed E-state index contributed by atoms with van der Waals surface area (Å²) in [5.41, 5.74) is 0.976. The van der Waals surface area contributed by atoms with E-state index in [4.69, 9.17) is 24.6 Å². The molecule has 1 unspecified atom stereocenters. The van der Waals surface area contributed by atoms with E-state index >= 15 is 0 Å². The molecule has 24 heavy (non-hydrogen) atoms. The molecule has 1 N–H and O–H groups in total. The van der Waals surface area contributed by atoms with Crippen molar-refractivity contribution in [3.8, 4) is 11.8 Å². The Bertz CT molecular complexity index is 860. The van der Waals surface area contributed by atoms with Crippen molar-refractivity contribution >= 4 is 28.4 Å². The van der Waals surface area contributed by atoms with E-state index in [1.165, 1.54) is 14.0 Å². The number of nitriles is 1. The first kappa shape index (κ1) is 17.2. The predicted molar refractivity (Wildman–Crippen MR) is 85.3 cm³/mol. The summed E-state index contributed by atoms with van der Waals surface area (Å²) in [6.45, 7) is 2.46. The van der Waals surface area contributed by atoms with E-state index in [-0.39, 0.29) is 11.5 Å². The topological polar surface area (TPSA) is 113 Å². The Morgan fingerprint density at radius 3 is 2.71 bits per heavy atom. The maximum absolute atomic E-state index is 12.1. The van der Waals surface area contributed by atoms with Gasteiger partial charge in [0.1, 0.15) is 17.3 Å². The molecule has 1 aromatic heterocycles. The Kier molecular flexibility index (Phi) is 4.99. The highest BCUT2D eigenvalue weighted by Crippen LogP contribution is 2.29. The van der Waals surface area contributed by atoms with E-state index in [0.29, 0.717) is 22.3 Å². The third-order valence-corrected chi connectivity index (χ3v) is 3.56. The molecule has 7 nitrogen and oxygen atoms in total. The molecule has 0 aliphatic carbocycles. The summed E-state index contributed by atoms with van der Waals surface area (Å²) in [4.78, 5) is 23.9. The second-order valence-electron chi connectivity index (χ2n) is 5.21. The van der Waals surface area contributed by atoms with Crippen molar-refractivity contribution in [2.24, 2.45) is 5.92 Å². The van der Waals surface area contributed by atoms with Gasteiger partial charge in [0, 0.05) is 16.7 Å². The zero-order valence-electron chi connectivity index (χ0n) is 13.5. The highest BCUT2D eigenvalue weighted by atomic mass is 16.5. The minimum atomic E-state index is -1.21. The molecule has 0 saturated carbocycles. The zero-order valence-corrected chi connectivity index (χ0v) is 13.5. The number of ketones is 1. The average molecular weight is 328 g/mol. The number of esters is 1. The summed E-state index contributed by atoms with van der Waals surface area (Å²) in [5, 5.41) is 16.9. The highest BCUT2D eigenvalue weighted by molar-refractivity contribution is 6.06. The van der Waals surface area contributed by atoms with E-state index in [1.807, 2.05) is 0 Å². The number of Topliss-reactive ketones (excluding diaryl/α,β-unsaturated/α-hetero) is 1. The fourth-order valence-corrected chi connectivity index (χ4v) is 2.22. The fourth-order valence-electron chi connectivity index (χ4n) is 2.22. The van der Waals surface area contributed by atoms with Gasteiger partial charge in [0.05, 0.1) is 13.2 Å². The number of nitrogens with zero attached hydrogens (tertiary/aromatic N) is 1. The first-order valence-electron chi connectivity index (χ1n) is 7.10. The molecule has 0 aliphatic heterocycles. The Hall–Kier alpha value is -3.14. The Labute approximate surface area is 138 Å². The number of hydrogen-bond acceptors (Lipinski definition) is 7. The number of methoxy groups -OCH3 is 1. The Morgan fingerprint density at radius 2 is 2.12 bits per heavy atom. The molecular weight excluding hydrogens is 312 g/mol. The fraction of sp³-hybridized carbons (Fsp3) is 0.294. The summed E-state index contributed by atoms with van der Waals surface area (Å²) < 4.78 is 15.5. The number of carbonyl (C=O) groups is 2. The van der Waals surface area contributed by atoms with Crippen molar-refractivity contribution < 1.29 is 23.5 Å². The molecule has 124 valence electrons. The van der Waals surface area contributed by atoms with Crippen LogP contribution < -0.4 is 4.74 Å². The minimum Gasteiger partial charge on any atom is -0.497 e. The van der Waals surface area contributed by atoms with Gasteiger partial charge in [-0.1, -0.05) is 0 Å². The predicted octanol–water partition coefficient (Wildman–Crippen LogP) is 2.66. The van der Waals surface area contributed by atoms with Crippen molar-refractivity contribution in [3.05, 3.63) is 29.5 Å². The Morgan fingerprint density at radius 1 is 1.42 bits per heavy atom. The van der Waals surface area contributed by atoms with Crippen LogP contribution in [0.4, 0.5) is 0 Å². The second-order valence-corrected chi connectivity index (χ2v) is 5.21. The lowest BCUT2D eigenvalue weighted by Crippen LogP contribution is -2.25. The lowest BCUT2D eigenvalue weighted by Gasteiger charge is -2.06. The van der Waals surface area contributed by atoms with Gasteiger partial charge in [-0.3, -0.25) is 4.79 Å². The number of benzene rings is 1. The minimum absolute atomic E-state index is 0.00821. The molecule has 0 saturated heterocycles. The number of hydrogen-bond donors (Lipinski definition) is 1. The molecule has 0 aliphatic rings. The Balaban J connectivity index is 2.17. The summed E-state index contributed by atoms with van der Waals surface area (Å²) >= 11 is 0. The third-order valence-electron chi connectivity index (χ3n) is 3.56. The van der Waals surface area contributed by atoms with Crippen LogP contribution in [-0.2, 0) is 9.53 Å². The molecule has 0 bridgehead atoms. The number of furan rings is 1. The summed E-state index contributed by atoms with van der Waals surface area (Å²) in [5.74, 6) is -2.03. The van der Waals surface area contributed by atoms with Gasteiger partial charge in [0.15, 0.2) is 12.4 Å². The van der Waals surface area contributed by atoms with Gasteiger partial charge in [-0.15, -0.1) is 0 Å². The molecule has 0 amide bonds. The molecule has 0 fully saturated rings. The van der Waals surface area contributed by atoms with Gasteiger partial charge in [-0.05, 0) is 32.0 Å². The van der Waals surface area contributed by atoms with Gasteiger partial charge in [-0.25, -0.2) is 4.79 Å². The van der Waals surface area contributed by atoms with Crippen molar-refractivity contribution in [1.29, 1.82) is 10.7 Å². The largest absolute Gasteiger partial charge is 0.497 e. The average Bonchev–Trinajstić information content (AvgIpc) is 2.89. The van der Waals surface area contributed by atoms with Gasteiger partial charge < -0.3 is 19.3 Å². The van der Waals surface area contributed by atoms with E-state index in [1.54, 1.807) is 31.2 Å². The van der Waals surface area contributed by atoms with Crippen LogP contribution in [0.25, 0.3) is 11.0 Å². The van der Waals surface area contributed by atoms with Crippen LogP contribution in [0.2, 0.25) is 0 Å². The molecule has 1 aromatic carbocycles. The van der Waals surface area contributed by atoms with Gasteiger partial charge >= 0.3 is 5.97 Å². The molecule has 1 heterocycles. The maximum atomic E-state index is 12.1. The highest BCUT2D eigenvalue weighted by Gasteiger charge is 2.24. The molecular formula is C17H16N2O5. The normalized spacial score (nSPS) is 11.6. The number of rotatable bonds is 6. The van der Waals surface area contributed by atoms with Crippen molar-refractivity contribution in [3.63, 3.8) is 0 Å². The lowest BCUT2D eigenvalue weighted by molar-refractivity contribution is -0.122. The SMILES string of the molecule is COc1ccc2oc(C(=O)OCC(=O)C(C#N)C(C)=N)c(C)c2c1. The van der Waals surface area contributed by atoms with E-state index in [9.17, 15) is 9.59 Å². The zero-order chi connectivity index (χ0) is 17.9. The lowest BCUT2D eigenvalue weighted by atomic mass is 10.0. The second kappa shape index (κ2) is 6.96. The third kappa shape index (κ3) is 3.27. The molecule has 0 radical (unpaired) electrons. The van der Waals surface area contributed by atoms with Gasteiger partial charge in [-0.2, -0.15) is 5.26 Å². The van der Waals surface area contributed by atoms with Crippen molar-refractivity contribution in [2.45, 2.75) is 13.8 Å². The van der Waals surface area contributed by atoms with Crippen LogP contribution in [0.3, 0.4) is 0 Å².